The van der Waals surface area contributed by atoms with Crippen LogP contribution in [0, 0.1) is 0 Å². The van der Waals surface area contributed by atoms with Crippen LogP contribution in [0.5, 0.6) is 11.5 Å². The zero-order valence-electron chi connectivity index (χ0n) is 13.3. The van der Waals surface area contributed by atoms with Gasteiger partial charge in [-0.25, -0.2) is 0 Å². The van der Waals surface area contributed by atoms with Crippen LogP contribution in [-0.4, -0.2) is 50.8 Å². The fourth-order valence-electron chi connectivity index (χ4n) is 2.86. The van der Waals surface area contributed by atoms with Crippen LogP contribution >= 0.6 is 0 Å². The summed E-state index contributed by atoms with van der Waals surface area (Å²) in [6.07, 6.45) is 3.78. The predicted octanol–water partition coefficient (Wildman–Crippen LogP) is 2.54. The minimum atomic E-state index is 0.665. The zero-order chi connectivity index (χ0) is 14.9. The smallest absolute Gasteiger partial charge is 0.119 e. The van der Waals surface area contributed by atoms with E-state index in [4.69, 9.17) is 9.47 Å². The first kappa shape index (κ1) is 16.1. The molecule has 0 amide bonds. The molecule has 1 unspecified atom stereocenters. The van der Waals surface area contributed by atoms with E-state index in [1.165, 1.54) is 25.8 Å². The van der Waals surface area contributed by atoms with Crippen molar-refractivity contribution in [2.24, 2.45) is 0 Å². The molecule has 0 radical (unpaired) electrons. The largest absolute Gasteiger partial charge is 0.497 e. The highest BCUT2D eigenvalue weighted by Crippen LogP contribution is 2.17. The topological polar surface area (TPSA) is 33.7 Å². The summed E-state index contributed by atoms with van der Waals surface area (Å²) in [6, 6.07) is 8.46. The van der Waals surface area contributed by atoms with Crippen molar-refractivity contribution in [1.82, 2.24) is 10.2 Å². The molecule has 0 saturated carbocycles. The average Bonchev–Trinajstić information content (AvgIpc) is 2.55. The van der Waals surface area contributed by atoms with Gasteiger partial charge < -0.3 is 14.8 Å². The Hall–Kier alpha value is -1.26. The molecule has 0 spiro atoms. The molecule has 4 heteroatoms. The number of benzene rings is 1. The lowest BCUT2D eigenvalue weighted by Gasteiger charge is -2.34. The van der Waals surface area contributed by atoms with Crippen LogP contribution in [0.15, 0.2) is 24.3 Å². The number of nitrogens with one attached hydrogen (secondary N) is 1. The molecule has 1 N–H and O–H groups in total. The first-order valence-electron chi connectivity index (χ1n) is 8.05. The second-order valence-corrected chi connectivity index (χ2v) is 5.56. The number of hydrogen-bond donors (Lipinski definition) is 1. The Morgan fingerprint density at radius 1 is 1.19 bits per heavy atom. The highest BCUT2D eigenvalue weighted by atomic mass is 16.5. The maximum atomic E-state index is 5.86. The van der Waals surface area contributed by atoms with E-state index in [-0.39, 0.29) is 0 Å². The summed E-state index contributed by atoms with van der Waals surface area (Å²) in [6.45, 7) is 7.41. The fraction of sp³-hybridized carbons (Fsp3) is 0.647. The third-order valence-corrected chi connectivity index (χ3v) is 4.00. The van der Waals surface area contributed by atoms with E-state index < -0.39 is 0 Å². The van der Waals surface area contributed by atoms with Gasteiger partial charge in [-0.2, -0.15) is 0 Å². The Morgan fingerprint density at radius 2 is 1.95 bits per heavy atom. The van der Waals surface area contributed by atoms with Gasteiger partial charge in [0.15, 0.2) is 0 Å². The normalized spacial score (nSPS) is 18.7. The summed E-state index contributed by atoms with van der Waals surface area (Å²) >= 11 is 0. The van der Waals surface area contributed by atoms with Gasteiger partial charge in [0.2, 0.25) is 0 Å². The molecule has 2 rings (SSSR count). The molecule has 21 heavy (non-hydrogen) atoms. The summed E-state index contributed by atoms with van der Waals surface area (Å²) in [7, 11) is 1.68. The Bertz CT molecular complexity index is 388. The van der Waals surface area contributed by atoms with Gasteiger partial charge in [-0.1, -0.05) is 6.92 Å². The van der Waals surface area contributed by atoms with Gasteiger partial charge in [0.05, 0.1) is 7.11 Å². The van der Waals surface area contributed by atoms with Crippen molar-refractivity contribution in [2.75, 3.05) is 39.9 Å². The van der Waals surface area contributed by atoms with E-state index >= 15 is 0 Å². The van der Waals surface area contributed by atoms with Crippen LogP contribution in [0.1, 0.15) is 26.2 Å². The molecule has 1 fully saturated rings. The van der Waals surface area contributed by atoms with Crippen molar-refractivity contribution in [1.29, 1.82) is 0 Å². The lowest BCUT2D eigenvalue weighted by Crippen LogP contribution is -2.47. The summed E-state index contributed by atoms with van der Waals surface area (Å²) in [5.74, 6) is 1.78. The molecular formula is C17H28N2O2. The van der Waals surface area contributed by atoms with Crippen molar-refractivity contribution < 1.29 is 9.47 Å². The number of piperidine rings is 1. The number of ether oxygens (including phenoxy) is 2. The van der Waals surface area contributed by atoms with Crippen LogP contribution < -0.4 is 14.8 Å². The summed E-state index contributed by atoms with van der Waals surface area (Å²) in [5.41, 5.74) is 0. The molecule has 1 saturated heterocycles. The average molecular weight is 292 g/mol. The van der Waals surface area contributed by atoms with Gasteiger partial charge in [0.1, 0.15) is 18.1 Å². The van der Waals surface area contributed by atoms with E-state index in [1.54, 1.807) is 7.11 Å². The number of rotatable bonds is 8. The van der Waals surface area contributed by atoms with Gasteiger partial charge in [0.25, 0.3) is 0 Å². The molecule has 1 aromatic rings. The second kappa shape index (κ2) is 8.90. The molecule has 0 aromatic heterocycles. The van der Waals surface area contributed by atoms with Crippen molar-refractivity contribution in [2.45, 2.75) is 32.2 Å². The zero-order valence-corrected chi connectivity index (χ0v) is 13.3. The van der Waals surface area contributed by atoms with Crippen LogP contribution in [0.25, 0.3) is 0 Å². The molecule has 1 aromatic carbocycles. The van der Waals surface area contributed by atoms with Crippen LogP contribution in [0.3, 0.4) is 0 Å². The van der Waals surface area contributed by atoms with Gasteiger partial charge in [-0.3, -0.25) is 4.90 Å². The summed E-state index contributed by atoms with van der Waals surface area (Å²) in [5, 5.41) is 3.50. The maximum Gasteiger partial charge on any atom is 0.119 e. The monoisotopic (exact) mass is 292 g/mol. The van der Waals surface area contributed by atoms with E-state index in [9.17, 15) is 0 Å². The molecule has 1 aliphatic heterocycles. The quantitative estimate of drug-likeness (QED) is 0.798. The maximum absolute atomic E-state index is 5.86. The molecule has 4 nitrogen and oxygen atoms in total. The fourth-order valence-corrected chi connectivity index (χ4v) is 2.86. The van der Waals surface area contributed by atoms with Crippen molar-refractivity contribution in [3.8, 4) is 11.5 Å². The molecule has 0 bridgehead atoms. The Balaban J connectivity index is 1.77. The predicted molar refractivity (Wildman–Crippen MR) is 86.2 cm³/mol. The van der Waals surface area contributed by atoms with E-state index in [2.05, 4.69) is 17.1 Å². The highest BCUT2D eigenvalue weighted by molar-refractivity contribution is 5.31. The summed E-state index contributed by atoms with van der Waals surface area (Å²) in [4.78, 5) is 2.57. The minimum absolute atomic E-state index is 0.665. The third-order valence-electron chi connectivity index (χ3n) is 4.00. The Kier molecular flexibility index (Phi) is 6.83. The molecule has 118 valence electrons. The van der Waals surface area contributed by atoms with Gasteiger partial charge in [0, 0.05) is 19.1 Å². The second-order valence-electron chi connectivity index (χ2n) is 5.56. The summed E-state index contributed by atoms with van der Waals surface area (Å²) < 4.78 is 11.0. The van der Waals surface area contributed by atoms with Crippen LogP contribution in [-0.2, 0) is 0 Å². The van der Waals surface area contributed by atoms with Crippen molar-refractivity contribution in [3.63, 3.8) is 0 Å². The number of nitrogens with zero attached hydrogens (tertiary/aromatic N) is 1. The SMILES string of the molecule is CCCN(CCOc1ccc(OC)cc1)C1CCCNC1. The first-order chi connectivity index (χ1) is 10.3. The lowest BCUT2D eigenvalue weighted by molar-refractivity contribution is 0.138. The van der Waals surface area contributed by atoms with E-state index in [0.717, 1.165) is 37.7 Å². The molecule has 1 aliphatic rings. The minimum Gasteiger partial charge on any atom is -0.497 e. The van der Waals surface area contributed by atoms with Crippen LogP contribution in [0.2, 0.25) is 0 Å². The van der Waals surface area contributed by atoms with Crippen molar-refractivity contribution in [3.05, 3.63) is 24.3 Å². The van der Waals surface area contributed by atoms with E-state index in [1.807, 2.05) is 24.3 Å². The Morgan fingerprint density at radius 3 is 2.57 bits per heavy atom. The van der Waals surface area contributed by atoms with Gasteiger partial charge >= 0.3 is 0 Å². The third kappa shape index (κ3) is 5.21. The Labute approximate surface area is 128 Å². The molecular weight excluding hydrogens is 264 g/mol. The van der Waals surface area contributed by atoms with Gasteiger partial charge in [-0.05, 0) is 56.6 Å². The molecule has 0 aliphatic carbocycles. The standard InChI is InChI=1S/C17H28N2O2/c1-3-11-19(15-5-4-10-18-14-15)12-13-21-17-8-6-16(20-2)7-9-17/h6-9,15,18H,3-5,10-14H2,1-2H3. The van der Waals surface area contributed by atoms with Gasteiger partial charge in [-0.15, -0.1) is 0 Å². The molecule has 1 atom stereocenters. The molecule has 1 heterocycles. The highest BCUT2D eigenvalue weighted by Gasteiger charge is 2.19. The van der Waals surface area contributed by atoms with Crippen LogP contribution in [0.4, 0.5) is 0 Å². The van der Waals surface area contributed by atoms with Crippen molar-refractivity contribution >= 4 is 0 Å². The number of hydrogen-bond acceptors (Lipinski definition) is 4. The van der Waals surface area contributed by atoms with E-state index in [0.29, 0.717) is 6.04 Å². The number of methoxy groups -OCH3 is 1. The first-order valence-corrected chi connectivity index (χ1v) is 8.05. The lowest BCUT2D eigenvalue weighted by atomic mass is 10.1.